The fourth-order valence-corrected chi connectivity index (χ4v) is 2.96. The number of halogens is 1. The van der Waals surface area contributed by atoms with Gasteiger partial charge in [0.05, 0.1) is 12.1 Å². The molecule has 1 saturated heterocycles. The molecule has 0 spiro atoms. The molecule has 0 aromatic heterocycles. The average molecular weight is 320 g/mol. The molecule has 1 fully saturated rings. The third-order valence-electron chi connectivity index (χ3n) is 4.41. The second-order valence-corrected chi connectivity index (χ2v) is 5.82. The molecular formula is C16H21FN4O2. The van der Waals surface area contributed by atoms with Gasteiger partial charge in [0.1, 0.15) is 6.67 Å². The average Bonchev–Trinajstić information content (AvgIpc) is 2.59. The van der Waals surface area contributed by atoms with Crippen LogP contribution < -0.4 is 0 Å². The van der Waals surface area contributed by atoms with Gasteiger partial charge in [-0.2, -0.15) is 0 Å². The normalized spacial score (nSPS) is 18.1. The molecule has 6 nitrogen and oxygen atoms in total. The fourth-order valence-electron chi connectivity index (χ4n) is 2.96. The van der Waals surface area contributed by atoms with Crippen LogP contribution in [0.3, 0.4) is 0 Å². The molecule has 0 aliphatic carbocycles. The van der Waals surface area contributed by atoms with E-state index in [1.165, 1.54) is 0 Å². The van der Waals surface area contributed by atoms with Crippen LogP contribution in [0.4, 0.5) is 4.39 Å². The number of azide groups is 1. The Morgan fingerprint density at radius 1 is 1.43 bits per heavy atom. The third-order valence-corrected chi connectivity index (χ3v) is 4.41. The molecule has 0 unspecified atom stereocenters. The van der Waals surface area contributed by atoms with Gasteiger partial charge in [0.2, 0.25) is 5.91 Å². The Morgan fingerprint density at radius 3 is 2.52 bits per heavy atom. The van der Waals surface area contributed by atoms with E-state index in [1.54, 1.807) is 19.1 Å². The SMILES string of the molecule is CC(=O)N1CCC(c2ccc([C@@H](O)[C@@H](CF)N=[N+]=[N-])cc2)CC1. The lowest BCUT2D eigenvalue weighted by molar-refractivity contribution is -0.129. The molecule has 7 heteroatoms. The van der Waals surface area contributed by atoms with Crippen LogP contribution in [-0.4, -0.2) is 41.7 Å². The number of hydrogen-bond acceptors (Lipinski definition) is 3. The van der Waals surface area contributed by atoms with E-state index in [4.69, 9.17) is 5.53 Å². The maximum Gasteiger partial charge on any atom is 0.219 e. The number of piperidine rings is 1. The van der Waals surface area contributed by atoms with E-state index < -0.39 is 18.8 Å². The maximum absolute atomic E-state index is 12.8. The van der Waals surface area contributed by atoms with Crippen LogP contribution >= 0.6 is 0 Å². The van der Waals surface area contributed by atoms with Crippen LogP contribution in [0.5, 0.6) is 0 Å². The van der Waals surface area contributed by atoms with Crippen LogP contribution in [0, 0.1) is 0 Å². The molecule has 124 valence electrons. The number of alkyl halides is 1. The first-order chi connectivity index (χ1) is 11.1. The summed E-state index contributed by atoms with van der Waals surface area (Å²) in [6.45, 7) is 2.19. The van der Waals surface area contributed by atoms with E-state index in [9.17, 15) is 14.3 Å². The summed E-state index contributed by atoms with van der Waals surface area (Å²) in [5.74, 6) is 0.489. The van der Waals surface area contributed by atoms with E-state index in [0.29, 0.717) is 11.5 Å². The Kier molecular flexibility index (Phi) is 5.96. The lowest BCUT2D eigenvalue weighted by Gasteiger charge is -2.31. The van der Waals surface area contributed by atoms with Gasteiger partial charge in [-0.25, -0.2) is 0 Å². The number of amides is 1. The topological polar surface area (TPSA) is 89.3 Å². The highest BCUT2D eigenvalue weighted by Crippen LogP contribution is 2.29. The van der Waals surface area contributed by atoms with Crippen molar-refractivity contribution in [2.45, 2.75) is 37.8 Å². The molecule has 0 radical (unpaired) electrons. The second-order valence-electron chi connectivity index (χ2n) is 5.82. The van der Waals surface area contributed by atoms with Gasteiger partial charge in [0, 0.05) is 24.9 Å². The van der Waals surface area contributed by atoms with Gasteiger partial charge in [0.25, 0.3) is 0 Å². The molecule has 1 heterocycles. The standard InChI is InChI=1S/C16H21FN4O2/c1-11(22)21-8-6-13(7-9-21)12-2-4-14(5-3-12)16(23)15(10-17)19-20-18/h2-5,13,15-16,23H,6-10H2,1H3/t15-,16-/m1/s1. The Morgan fingerprint density at radius 2 is 2.04 bits per heavy atom. The Hall–Kier alpha value is -2.11. The minimum atomic E-state index is -1.15. The predicted molar refractivity (Wildman–Crippen MR) is 84.5 cm³/mol. The largest absolute Gasteiger partial charge is 0.388 e. The van der Waals surface area contributed by atoms with Crippen LogP contribution in [0.1, 0.15) is 42.9 Å². The van der Waals surface area contributed by atoms with E-state index in [-0.39, 0.29) is 5.91 Å². The molecule has 1 aromatic rings. The number of carbonyl (C=O) groups is 1. The Labute approximate surface area is 134 Å². The third kappa shape index (κ3) is 4.21. The highest BCUT2D eigenvalue weighted by atomic mass is 19.1. The van der Waals surface area contributed by atoms with Gasteiger partial charge in [0.15, 0.2) is 0 Å². The lowest BCUT2D eigenvalue weighted by atomic mass is 9.88. The van der Waals surface area contributed by atoms with Gasteiger partial charge < -0.3 is 10.0 Å². The number of aliphatic hydroxyl groups excluding tert-OH is 1. The van der Waals surface area contributed by atoms with Crippen molar-refractivity contribution < 1.29 is 14.3 Å². The van der Waals surface area contributed by atoms with Crippen LogP contribution in [0.2, 0.25) is 0 Å². The van der Waals surface area contributed by atoms with Crippen molar-refractivity contribution in [3.05, 3.63) is 45.8 Å². The predicted octanol–water partition coefficient (Wildman–Crippen LogP) is 3.09. The molecule has 1 N–H and O–H groups in total. The molecule has 1 aromatic carbocycles. The second kappa shape index (κ2) is 7.94. The quantitative estimate of drug-likeness (QED) is 0.513. The first-order valence-electron chi connectivity index (χ1n) is 7.70. The summed E-state index contributed by atoms with van der Waals surface area (Å²) in [5, 5.41) is 13.3. The zero-order valence-corrected chi connectivity index (χ0v) is 13.1. The van der Waals surface area contributed by atoms with Crippen molar-refractivity contribution in [3.63, 3.8) is 0 Å². The van der Waals surface area contributed by atoms with Gasteiger partial charge in [-0.15, -0.1) is 0 Å². The zero-order chi connectivity index (χ0) is 16.8. The van der Waals surface area contributed by atoms with Crippen molar-refractivity contribution in [2.24, 2.45) is 5.11 Å². The van der Waals surface area contributed by atoms with E-state index in [1.807, 2.05) is 17.0 Å². The summed E-state index contributed by atoms with van der Waals surface area (Å²) in [6, 6.07) is 6.21. The van der Waals surface area contributed by atoms with Crippen molar-refractivity contribution in [1.29, 1.82) is 0 Å². The van der Waals surface area contributed by atoms with E-state index >= 15 is 0 Å². The van der Waals surface area contributed by atoms with Crippen molar-refractivity contribution in [3.8, 4) is 0 Å². The summed E-state index contributed by atoms with van der Waals surface area (Å²) in [5.41, 5.74) is 10.1. The summed E-state index contributed by atoms with van der Waals surface area (Å²) in [7, 11) is 0. The first-order valence-corrected chi connectivity index (χ1v) is 7.70. The Bertz CT molecular complexity index is 578. The maximum atomic E-state index is 12.8. The Balaban J connectivity index is 2.02. The lowest BCUT2D eigenvalue weighted by Crippen LogP contribution is -2.36. The number of nitrogens with zero attached hydrogens (tertiary/aromatic N) is 4. The number of aliphatic hydroxyl groups is 1. The summed E-state index contributed by atoms with van der Waals surface area (Å²) < 4.78 is 12.8. The molecule has 0 saturated carbocycles. The van der Waals surface area contributed by atoms with Crippen LogP contribution in [0.25, 0.3) is 10.4 Å². The van der Waals surface area contributed by atoms with E-state index in [2.05, 4.69) is 10.0 Å². The van der Waals surface area contributed by atoms with Crippen LogP contribution in [0.15, 0.2) is 29.4 Å². The van der Waals surface area contributed by atoms with Gasteiger partial charge in [-0.05, 0) is 35.4 Å². The highest BCUT2D eigenvalue weighted by molar-refractivity contribution is 5.73. The highest BCUT2D eigenvalue weighted by Gasteiger charge is 2.23. The number of hydrogen-bond donors (Lipinski definition) is 1. The number of rotatable bonds is 5. The summed E-state index contributed by atoms with van der Waals surface area (Å²) >= 11 is 0. The molecule has 2 atom stereocenters. The zero-order valence-electron chi connectivity index (χ0n) is 13.1. The summed E-state index contributed by atoms with van der Waals surface area (Å²) in [4.78, 5) is 15.7. The molecule has 0 bridgehead atoms. The van der Waals surface area contributed by atoms with Gasteiger partial charge >= 0.3 is 0 Å². The van der Waals surface area contributed by atoms with E-state index in [0.717, 1.165) is 31.5 Å². The van der Waals surface area contributed by atoms with Crippen molar-refractivity contribution >= 4 is 5.91 Å². The molecular weight excluding hydrogens is 299 g/mol. The van der Waals surface area contributed by atoms with Crippen molar-refractivity contribution in [2.75, 3.05) is 19.8 Å². The molecule has 1 amide bonds. The molecule has 23 heavy (non-hydrogen) atoms. The number of likely N-dealkylation sites (tertiary alicyclic amines) is 1. The molecule has 1 aliphatic heterocycles. The molecule has 2 rings (SSSR count). The van der Waals surface area contributed by atoms with Gasteiger partial charge in [-0.3, -0.25) is 9.18 Å². The molecule has 1 aliphatic rings. The number of benzene rings is 1. The first kappa shape index (κ1) is 17.2. The van der Waals surface area contributed by atoms with Gasteiger partial charge in [-0.1, -0.05) is 29.4 Å². The monoisotopic (exact) mass is 320 g/mol. The smallest absolute Gasteiger partial charge is 0.219 e. The van der Waals surface area contributed by atoms with Crippen molar-refractivity contribution in [1.82, 2.24) is 4.90 Å². The van der Waals surface area contributed by atoms with Crippen LogP contribution in [-0.2, 0) is 4.79 Å². The summed E-state index contributed by atoms with van der Waals surface area (Å²) in [6.07, 6.45) is 0.671. The minimum Gasteiger partial charge on any atom is -0.388 e. The number of carbonyl (C=O) groups excluding carboxylic acids is 1. The fraction of sp³-hybridized carbons (Fsp3) is 0.562. The minimum absolute atomic E-state index is 0.109.